The van der Waals surface area contributed by atoms with E-state index in [1.165, 1.54) is 24.3 Å². The van der Waals surface area contributed by atoms with Crippen LogP contribution in [0, 0.1) is 0 Å². The summed E-state index contributed by atoms with van der Waals surface area (Å²) in [6.45, 7) is 0.688. The first-order chi connectivity index (χ1) is 15.8. The summed E-state index contributed by atoms with van der Waals surface area (Å²) >= 11 is 0. The Morgan fingerprint density at radius 3 is 2.48 bits per heavy atom. The molecule has 11 heteroatoms. The Labute approximate surface area is 185 Å². The molecule has 0 saturated heterocycles. The van der Waals surface area contributed by atoms with E-state index in [1.54, 1.807) is 18.2 Å². The topological polar surface area (TPSA) is 91.7 Å². The predicted octanol–water partition coefficient (Wildman–Crippen LogP) is 3.61. The van der Waals surface area contributed by atoms with Gasteiger partial charge in [0.05, 0.1) is 18.9 Å². The van der Waals surface area contributed by atoms with Crippen molar-refractivity contribution in [1.82, 2.24) is 9.78 Å². The molecule has 1 aliphatic heterocycles. The smallest absolute Gasteiger partial charge is 0.490 e. The van der Waals surface area contributed by atoms with E-state index in [4.69, 9.17) is 9.47 Å². The van der Waals surface area contributed by atoms with Gasteiger partial charge in [-0.15, -0.1) is 13.2 Å². The van der Waals surface area contributed by atoms with Crippen LogP contribution in [-0.4, -0.2) is 35.3 Å². The summed E-state index contributed by atoms with van der Waals surface area (Å²) in [6, 6.07) is 12.8. The van der Waals surface area contributed by atoms with Gasteiger partial charge in [0.1, 0.15) is 12.3 Å². The van der Waals surface area contributed by atoms with Gasteiger partial charge < -0.3 is 19.5 Å². The Bertz CT molecular complexity index is 1210. The molecule has 0 atom stereocenters. The van der Waals surface area contributed by atoms with Crippen LogP contribution < -0.4 is 25.1 Å². The largest absolute Gasteiger partial charge is 0.573 e. The highest BCUT2D eigenvalue weighted by atomic mass is 19.4. The molecule has 33 heavy (non-hydrogen) atoms. The van der Waals surface area contributed by atoms with Crippen LogP contribution in [0.5, 0.6) is 17.2 Å². The van der Waals surface area contributed by atoms with Crippen LogP contribution in [-0.2, 0) is 11.3 Å². The Balaban J connectivity index is 1.46. The molecule has 1 amide bonds. The first-order valence-corrected chi connectivity index (χ1v) is 9.91. The van der Waals surface area contributed by atoms with E-state index in [0.717, 1.165) is 23.2 Å². The van der Waals surface area contributed by atoms with Gasteiger partial charge in [-0.3, -0.25) is 9.59 Å². The number of amides is 1. The number of benzene rings is 2. The van der Waals surface area contributed by atoms with Crippen LogP contribution in [0.1, 0.15) is 6.42 Å². The first-order valence-electron chi connectivity index (χ1n) is 9.91. The fourth-order valence-electron chi connectivity index (χ4n) is 3.12. The molecule has 1 aliphatic rings. The van der Waals surface area contributed by atoms with Crippen molar-refractivity contribution < 1.29 is 32.2 Å². The minimum absolute atomic E-state index is 0.238. The summed E-state index contributed by atoms with van der Waals surface area (Å²) in [5, 5.41) is 6.76. The van der Waals surface area contributed by atoms with Crippen LogP contribution in [0.25, 0.3) is 11.3 Å². The normalized spacial score (nSPS) is 13.2. The van der Waals surface area contributed by atoms with Gasteiger partial charge in [0, 0.05) is 23.7 Å². The Morgan fingerprint density at radius 1 is 1.03 bits per heavy atom. The molecule has 4 rings (SSSR count). The van der Waals surface area contributed by atoms with Gasteiger partial charge in [-0.2, -0.15) is 5.10 Å². The van der Waals surface area contributed by atoms with Crippen molar-refractivity contribution in [2.75, 3.05) is 18.5 Å². The van der Waals surface area contributed by atoms with E-state index >= 15 is 0 Å². The summed E-state index contributed by atoms with van der Waals surface area (Å²) < 4.78 is 52.8. The second-order valence-corrected chi connectivity index (χ2v) is 7.05. The second-order valence-electron chi connectivity index (χ2n) is 7.05. The minimum Gasteiger partial charge on any atom is -0.490 e. The van der Waals surface area contributed by atoms with Crippen molar-refractivity contribution in [1.29, 1.82) is 0 Å². The number of halogens is 3. The first kappa shape index (κ1) is 22.2. The molecular formula is C22H18F3N3O5. The fourth-order valence-corrected chi connectivity index (χ4v) is 3.12. The van der Waals surface area contributed by atoms with Crippen molar-refractivity contribution in [2.24, 2.45) is 0 Å². The fraction of sp³-hybridized carbons (Fsp3) is 0.227. The third-order valence-corrected chi connectivity index (χ3v) is 4.57. The second kappa shape index (κ2) is 9.23. The van der Waals surface area contributed by atoms with Crippen LogP contribution in [0.4, 0.5) is 18.9 Å². The van der Waals surface area contributed by atoms with Gasteiger partial charge in [-0.25, -0.2) is 4.68 Å². The number of nitrogens with zero attached hydrogens (tertiary/aromatic N) is 2. The molecule has 0 unspecified atom stereocenters. The highest BCUT2D eigenvalue weighted by Crippen LogP contribution is 2.33. The van der Waals surface area contributed by atoms with Crippen molar-refractivity contribution >= 4 is 11.6 Å². The maximum atomic E-state index is 12.4. The highest BCUT2D eigenvalue weighted by Gasteiger charge is 2.31. The number of carbonyl (C=O) groups excluding carboxylic acids is 1. The third kappa shape index (κ3) is 5.82. The van der Waals surface area contributed by atoms with Crippen LogP contribution >= 0.6 is 0 Å². The number of carbonyl (C=O) groups is 1. The number of hydrogen-bond donors (Lipinski definition) is 1. The number of rotatable bonds is 5. The van der Waals surface area contributed by atoms with Crippen LogP contribution in [0.15, 0.2) is 59.4 Å². The number of anilines is 1. The number of fused-ring (bicyclic) bond motifs is 1. The molecule has 0 bridgehead atoms. The summed E-state index contributed by atoms with van der Waals surface area (Å²) in [6.07, 6.45) is -4.04. The lowest BCUT2D eigenvalue weighted by Gasteiger charge is -2.11. The molecule has 0 saturated carbocycles. The maximum absolute atomic E-state index is 12.4. The van der Waals surface area contributed by atoms with Gasteiger partial charge >= 0.3 is 6.36 Å². The van der Waals surface area contributed by atoms with Gasteiger partial charge in [0.25, 0.3) is 5.56 Å². The zero-order chi connectivity index (χ0) is 23.4. The lowest BCUT2D eigenvalue weighted by molar-refractivity contribution is -0.274. The molecule has 0 radical (unpaired) electrons. The van der Waals surface area contributed by atoms with E-state index in [-0.39, 0.29) is 5.69 Å². The monoisotopic (exact) mass is 461 g/mol. The summed E-state index contributed by atoms with van der Waals surface area (Å²) in [4.78, 5) is 24.6. The van der Waals surface area contributed by atoms with Crippen molar-refractivity contribution in [3.8, 4) is 28.5 Å². The molecule has 172 valence electrons. The molecule has 0 fully saturated rings. The molecule has 2 aromatic carbocycles. The predicted molar refractivity (Wildman–Crippen MR) is 111 cm³/mol. The van der Waals surface area contributed by atoms with Gasteiger partial charge in [0.15, 0.2) is 11.5 Å². The average molecular weight is 461 g/mol. The average Bonchev–Trinajstić information content (AvgIpc) is 3.00. The summed E-state index contributed by atoms with van der Waals surface area (Å²) in [7, 11) is 0. The number of alkyl halides is 3. The van der Waals surface area contributed by atoms with E-state index in [2.05, 4.69) is 15.2 Å². The van der Waals surface area contributed by atoms with Crippen molar-refractivity contribution in [2.45, 2.75) is 19.3 Å². The quantitative estimate of drug-likeness (QED) is 0.624. The zero-order valence-corrected chi connectivity index (χ0v) is 17.1. The Morgan fingerprint density at radius 2 is 1.76 bits per heavy atom. The van der Waals surface area contributed by atoms with E-state index in [9.17, 15) is 22.8 Å². The lowest BCUT2D eigenvalue weighted by atomic mass is 10.1. The number of aromatic nitrogens is 2. The lowest BCUT2D eigenvalue weighted by Crippen LogP contribution is -2.29. The molecule has 0 aliphatic carbocycles. The molecule has 1 aromatic heterocycles. The van der Waals surface area contributed by atoms with Gasteiger partial charge in [-0.05, 0) is 48.5 Å². The van der Waals surface area contributed by atoms with Crippen molar-refractivity contribution in [3.63, 3.8) is 0 Å². The van der Waals surface area contributed by atoms with Gasteiger partial charge in [0.2, 0.25) is 5.91 Å². The highest BCUT2D eigenvalue weighted by molar-refractivity contribution is 5.90. The SMILES string of the molecule is O=C(Cn1nc(-c2ccc3c(c2)OCCCO3)ccc1=O)Nc1ccc(OC(F)(F)F)cc1. The van der Waals surface area contributed by atoms with Crippen LogP contribution in [0.2, 0.25) is 0 Å². The number of nitrogens with one attached hydrogen (secondary N) is 1. The Hall–Kier alpha value is -4.02. The van der Waals surface area contributed by atoms with E-state index in [0.29, 0.717) is 36.0 Å². The maximum Gasteiger partial charge on any atom is 0.573 e. The van der Waals surface area contributed by atoms with E-state index < -0.39 is 30.1 Å². The standard InChI is InChI=1S/C22H18F3N3O5/c23-22(24,25)33-16-5-3-15(4-6-16)26-20(29)13-28-21(30)9-7-17(27-28)14-2-8-18-19(12-14)32-11-1-10-31-18/h2-9,12H,1,10-11,13H2,(H,26,29). The molecule has 8 nitrogen and oxygen atoms in total. The summed E-state index contributed by atoms with van der Waals surface area (Å²) in [5.41, 5.74) is 0.874. The number of hydrogen-bond acceptors (Lipinski definition) is 6. The van der Waals surface area contributed by atoms with Crippen molar-refractivity contribution in [3.05, 3.63) is 65.0 Å². The zero-order valence-electron chi connectivity index (χ0n) is 17.1. The molecule has 3 aromatic rings. The third-order valence-electron chi connectivity index (χ3n) is 4.57. The Kier molecular flexibility index (Phi) is 6.20. The van der Waals surface area contributed by atoms with Crippen LogP contribution in [0.3, 0.4) is 0 Å². The molecule has 0 spiro atoms. The molecule has 2 heterocycles. The molecule has 1 N–H and O–H groups in total. The summed E-state index contributed by atoms with van der Waals surface area (Å²) in [5.74, 6) is 0.196. The van der Waals surface area contributed by atoms with E-state index in [1.807, 2.05) is 0 Å². The van der Waals surface area contributed by atoms with Gasteiger partial charge in [-0.1, -0.05) is 0 Å². The number of ether oxygens (including phenoxy) is 3. The minimum atomic E-state index is -4.81. The molecular weight excluding hydrogens is 443 g/mol.